The number of aryl methyl sites for hydroxylation is 2. The monoisotopic (exact) mass is 218 g/mol. The van der Waals surface area contributed by atoms with Crippen LogP contribution in [0.3, 0.4) is 0 Å². The summed E-state index contributed by atoms with van der Waals surface area (Å²) >= 11 is 0. The van der Waals surface area contributed by atoms with Gasteiger partial charge in [-0.1, -0.05) is 0 Å². The van der Waals surface area contributed by atoms with Crippen LogP contribution in [0, 0.1) is 6.92 Å². The number of fused-ring (bicyclic) bond motifs is 1. The van der Waals surface area contributed by atoms with E-state index in [1.165, 1.54) is 0 Å². The van der Waals surface area contributed by atoms with Gasteiger partial charge in [-0.2, -0.15) is 0 Å². The zero-order valence-electron chi connectivity index (χ0n) is 9.56. The van der Waals surface area contributed by atoms with Crippen LogP contribution >= 0.6 is 0 Å². The Labute approximate surface area is 93.3 Å². The fourth-order valence-electron chi connectivity index (χ4n) is 1.63. The van der Waals surface area contributed by atoms with E-state index < -0.39 is 6.04 Å². The van der Waals surface area contributed by atoms with Gasteiger partial charge in [-0.3, -0.25) is 4.79 Å². The molecule has 2 aromatic heterocycles. The quantitative estimate of drug-likeness (QED) is 0.757. The third-order valence-corrected chi connectivity index (χ3v) is 2.66. The van der Waals surface area contributed by atoms with Crippen molar-refractivity contribution in [1.29, 1.82) is 0 Å². The first-order valence-electron chi connectivity index (χ1n) is 5.10. The van der Waals surface area contributed by atoms with Crippen LogP contribution in [0.4, 0.5) is 0 Å². The van der Waals surface area contributed by atoms with Gasteiger partial charge in [-0.05, 0) is 19.9 Å². The highest BCUT2D eigenvalue weighted by atomic mass is 16.1. The van der Waals surface area contributed by atoms with Crippen molar-refractivity contribution in [1.82, 2.24) is 14.5 Å². The van der Waals surface area contributed by atoms with Crippen LogP contribution in [0.15, 0.2) is 12.3 Å². The van der Waals surface area contributed by atoms with Crippen molar-refractivity contribution in [3.63, 3.8) is 0 Å². The molecule has 2 rings (SSSR count). The lowest BCUT2D eigenvalue weighted by Crippen LogP contribution is -2.26. The fraction of sp³-hybridized carbons (Fsp3) is 0.364. The molecule has 0 amide bonds. The van der Waals surface area contributed by atoms with Crippen LogP contribution in [0.5, 0.6) is 0 Å². The van der Waals surface area contributed by atoms with Crippen molar-refractivity contribution in [3.05, 3.63) is 23.7 Å². The summed E-state index contributed by atoms with van der Waals surface area (Å²) in [6.45, 7) is 3.55. The van der Waals surface area contributed by atoms with Crippen LogP contribution in [-0.2, 0) is 7.05 Å². The Balaban J connectivity index is 2.72. The molecule has 2 heterocycles. The van der Waals surface area contributed by atoms with Crippen LogP contribution in [0.1, 0.15) is 23.1 Å². The maximum atomic E-state index is 11.9. The van der Waals surface area contributed by atoms with E-state index in [0.29, 0.717) is 16.7 Å². The molecule has 0 aliphatic rings. The van der Waals surface area contributed by atoms with Gasteiger partial charge >= 0.3 is 0 Å². The molecule has 2 aromatic rings. The lowest BCUT2D eigenvalue weighted by Gasteiger charge is -2.04. The van der Waals surface area contributed by atoms with E-state index in [1.807, 2.05) is 18.5 Å². The Morgan fingerprint density at radius 1 is 1.56 bits per heavy atom. The number of ketones is 1. The van der Waals surface area contributed by atoms with Gasteiger partial charge in [-0.25, -0.2) is 9.97 Å². The minimum absolute atomic E-state index is 0.106. The summed E-state index contributed by atoms with van der Waals surface area (Å²) in [4.78, 5) is 20.4. The first kappa shape index (κ1) is 10.8. The van der Waals surface area contributed by atoms with Crippen LogP contribution in [0.25, 0.3) is 11.2 Å². The number of nitrogens with two attached hydrogens (primary N) is 1. The van der Waals surface area contributed by atoms with Crippen molar-refractivity contribution in [2.24, 2.45) is 12.8 Å². The second-order valence-corrected chi connectivity index (χ2v) is 3.90. The average Bonchev–Trinajstić information content (AvgIpc) is 2.54. The molecule has 2 N–H and O–H groups in total. The predicted molar refractivity (Wildman–Crippen MR) is 61.2 cm³/mol. The second kappa shape index (κ2) is 3.68. The summed E-state index contributed by atoms with van der Waals surface area (Å²) in [5.41, 5.74) is 7.49. The molecule has 0 radical (unpaired) electrons. The summed E-state index contributed by atoms with van der Waals surface area (Å²) in [6, 6.07) is 1.15. The van der Waals surface area contributed by atoms with Crippen molar-refractivity contribution >= 4 is 16.9 Å². The van der Waals surface area contributed by atoms with Gasteiger partial charge in [0.15, 0.2) is 11.4 Å². The Kier molecular flexibility index (Phi) is 2.47. The lowest BCUT2D eigenvalue weighted by molar-refractivity contribution is 0.0969. The van der Waals surface area contributed by atoms with Crippen molar-refractivity contribution in [2.45, 2.75) is 19.9 Å². The van der Waals surface area contributed by atoms with Crippen LogP contribution < -0.4 is 5.73 Å². The number of imidazole rings is 1. The highest BCUT2D eigenvalue weighted by molar-refractivity contribution is 6.07. The van der Waals surface area contributed by atoms with Gasteiger partial charge in [0.1, 0.15) is 11.3 Å². The number of hydrogen-bond donors (Lipinski definition) is 1. The molecular weight excluding hydrogens is 204 g/mol. The summed E-state index contributed by atoms with van der Waals surface area (Å²) in [5, 5.41) is 0. The molecule has 84 valence electrons. The predicted octanol–water partition coefficient (Wildman–Crippen LogP) is 0.807. The van der Waals surface area contributed by atoms with Crippen molar-refractivity contribution in [3.8, 4) is 0 Å². The molecule has 0 fully saturated rings. The molecule has 5 nitrogen and oxygen atoms in total. The number of aromatic nitrogens is 3. The Morgan fingerprint density at radius 3 is 2.88 bits per heavy atom. The highest BCUT2D eigenvalue weighted by Gasteiger charge is 2.17. The highest BCUT2D eigenvalue weighted by Crippen LogP contribution is 2.17. The summed E-state index contributed by atoms with van der Waals surface area (Å²) in [7, 11) is 1.87. The van der Waals surface area contributed by atoms with Gasteiger partial charge in [0.2, 0.25) is 0 Å². The molecule has 1 atom stereocenters. The third kappa shape index (κ3) is 1.49. The van der Waals surface area contributed by atoms with Crippen molar-refractivity contribution in [2.75, 3.05) is 0 Å². The topological polar surface area (TPSA) is 73.8 Å². The van der Waals surface area contributed by atoms with Gasteiger partial charge in [-0.15, -0.1) is 0 Å². The number of carbonyl (C=O) groups excluding carboxylic acids is 1. The maximum Gasteiger partial charge on any atom is 0.181 e. The molecule has 0 bridgehead atoms. The number of carbonyl (C=O) groups is 1. The maximum absolute atomic E-state index is 11.9. The Morgan fingerprint density at radius 2 is 2.25 bits per heavy atom. The molecule has 0 saturated heterocycles. The first-order chi connectivity index (χ1) is 7.52. The number of nitrogens with zero attached hydrogens (tertiary/aromatic N) is 3. The van der Waals surface area contributed by atoms with E-state index >= 15 is 0 Å². The zero-order chi connectivity index (χ0) is 11.9. The van der Waals surface area contributed by atoms with E-state index in [-0.39, 0.29) is 5.78 Å². The fourth-order valence-corrected chi connectivity index (χ4v) is 1.63. The summed E-state index contributed by atoms with van der Waals surface area (Å²) in [6.07, 6.45) is 1.61. The van der Waals surface area contributed by atoms with Crippen LogP contribution in [0.2, 0.25) is 0 Å². The minimum atomic E-state index is -0.520. The molecule has 16 heavy (non-hydrogen) atoms. The third-order valence-electron chi connectivity index (χ3n) is 2.66. The summed E-state index contributed by atoms with van der Waals surface area (Å²) in [5.74, 6) is 0.720. The number of rotatable bonds is 2. The number of hydrogen-bond acceptors (Lipinski definition) is 4. The standard InChI is InChI=1S/C11H14N4O/c1-6(12)10(16)8-4-5-13-11-9(8)14-7(2)15(11)3/h4-6H,12H2,1-3H3. The summed E-state index contributed by atoms with van der Waals surface area (Å²) < 4.78 is 1.85. The molecular formula is C11H14N4O. The van der Waals surface area contributed by atoms with Gasteiger partial charge < -0.3 is 10.3 Å². The van der Waals surface area contributed by atoms with E-state index in [2.05, 4.69) is 9.97 Å². The molecule has 0 aliphatic heterocycles. The molecule has 1 unspecified atom stereocenters. The van der Waals surface area contributed by atoms with Gasteiger partial charge in [0.05, 0.1) is 11.6 Å². The minimum Gasteiger partial charge on any atom is -0.321 e. The first-order valence-corrected chi connectivity index (χ1v) is 5.10. The number of pyridine rings is 1. The van der Waals surface area contributed by atoms with E-state index in [4.69, 9.17) is 5.73 Å². The largest absolute Gasteiger partial charge is 0.321 e. The molecule has 5 heteroatoms. The molecule has 0 aliphatic carbocycles. The Bertz CT molecular complexity index is 556. The second-order valence-electron chi connectivity index (χ2n) is 3.90. The lowest BCUT2D eigenvalue weighted by atomic mass is 10.1. The van der Waals surface area contributed by atoms with Crippen molar-refractivity contribution < 1.29 is 4.79 Å². The van der Waals surface area contributed by atoms with Gasteiger partial charge in [0, 0.05) is 13.2 Å². The SMILES string of the molecule is Cc1nc2c(C(=O)C(C)N)ccnc2n1C. The zero-order valence-corrected chi connectivity index (χ0v) is 9.56. The van der Waals surface area contributed by atoms with E-state index in [9.17, 15) is 4.79 Å². The molecule has 0 spiro atoms. The molecule has 0 aromatic carbocycles. The van der Waals surface area contributed by atoms with Gasteiger partial charge in [0.25, 0.3) is 0 Å². The molecule has 0 saturated carbocycles. The number of Topliss-reactive ketones (excluding diaryl/α,β-unsaturated/α-hetero) is 1. The smallest absolute Gasteiger partial charge is 0.181 e. The van der Waals surface area contributed by atoms with E-state index in [0.717, 1.165) is 5.82 Å². The Hall–Kier alpha value is -1.75. The normalized spacial score (nSPS) is 13.0. The van der Waals surface area contributed by atoms with Crippen LogP contribution in [-0.4, -0.2) is 26.4 Å². The average molecular weight is 218 g/mol. The van der Waals surface area contributed by atoms with E-state index in [1.54, 1.807) is 19.2 Å².